The molecule has 3 aliphatic heterocycles. The molecule has 3 aromatic carbocycles. The van der Waals surface area contributed by atoms with Crippen molar-refractivity contribution in [2.75, 3.05) is 19.8 Å². The van der Waals surface area contributed by atoms with Crippen molar-refractivity contribution in [1.29, 1.82) is 0 Å². The Kier molecular flexibility index (Phi) is 5.33. The van der Waals surface area contributed by atoms with Crippen LogP contribution in [0.3, 0.4) is 0 Å². The van der Waals surface area contributed by atoms with Crippen LogP contribution in [0, 0.1) is 0 Å². The van der Waals surface area contributed by atoms with E-state index in [0.29, 0.717) is 50.6 Å². The molecule has 0 radical (unpaired) electrons. The predicted octanol–water partition coefficient (Wildman–Crippen LogP) is 3.40. The Labute approximate surface area is 212 Å². The van der Waals surface area contributed by atoms with Crippen LogP contribution in [0.15, 0.2) is 54.6 Å². The van der Waals surface area contributed by atoms with E-state index < -0.39 is 11.3 Å². The van der Waals surface area contributed by atoms with E-state index in [1.807, 2.05) is 0 Å². The van der Waals surface area contributed by atoms with E-state index in [9.17, 15) is 19.2 Å². The Morgan fingerprint density at radius 3 is 1.22 bits per heavy atom. The van der Waals surface area contributed by atoms with Gasteiger partial charge in [-0.25, -0.2) is 0 Å². The van der Waals surface area contributed by atoms with Crippen molar-refractivity contribution in [2.45, 2.75) is 24.7 Å². The maximum absolute atomic E-state index is 13.6. The monoisotopic (exact) mass is 497 g/mol. The van der Waals surface area contributed by atoms with Crippen molar-refractivity contribution < 1.29 is 33.4 Å². The zero-order chi connectivity index (χ0) is 25.7. The number of hydrogen-bond donors (Lipinski definition) is 1. The highest BCUT2D eigenvalue weighted by molar-refractivity contribution is 6.04. The van der Waals surface area contributed by atoms with Gasteiger partial charge in [-0.2, -0.15) is 0 Å². The second kappa shape index (κ2) is 8.58. The summed E-state index contributed by atoms with van der Waals surface area (Å²) >= 11 is 0. The van der Waals surface area contributed by atoms with Gasteiger partial charge in [-0.3, -0.25) is 19.2 Å². The molecule has 37 heavy (non-hydrogen) atoms. The van der Waals surface area contributed by atoms with Crippen LogP contribution >= 0.6 is 0 Å². The summed E-state index contributed by atoms with van der Waals surface area (Å²) in [5, 5.41) is 0. The van der Waals surface area contributed by atoms with Crippen molar-refractivity contribution in [3.63, 3.8) is 0 Å². The molecule has 0 saturated carbocycles. The third kappa shape index (κ3) is 3.51. The van der Waals surface area contributed by atoms with Crippen LogP contribution in [-0.4, -0.2) is 43.1 Å². The van der Waals surface area contributed by atoms with E-state index in [2.05, 4.69) is 0 Å². The first-order chi connectivity index (χ1) is 17.9. The first kappa shape index (κ1) is 23.0. The van der Waals surface area contributed by atoms with Gasteiger partial charge in [-0.15, -0.1) is 0 Å². The topological polar surface area (TPSA) is 122 Å². The van der Waals surface area contributed by atoms with E-state index >= 15 is 0 Å². The van der Waals surface area contributed by atoms with Gasteiger partial charge in [0, 0.05) is 19.3 Å². The Balaban J connectivity index is 1.66. The van der Waals surface area contributed by atoms with Gasteiger partial charge in [0.25, 0.3) is 0 Å². The maximum Gasteiger partial charge on any atom is 0.237 e. The lowest BCUT2D eigenvalue weighted by molar-refractivity contribution is -0.121. The normalized spacial score (nSPS) is 16.5. The minimum absolute atomic E-state index is 0.107. The number of nitrogens with two attached hydrogens (primary N) is 1. The van der Waals surface area contributed by atoms with E-state index in [1.54, 1.807) is 54.6 Å². The second-order valence-corrected chi connectivity index (χ2v) is 9.31. The maximum atomic E-state index is 13.6. The quantitative estimate of drug-likeness (QED) is 0.548. The molecule has 0 aliphatic carbocycles. The molecule has 2 N–H and O–H groups in total. The molecule has 0 atom stereocenters. The molecule has 186 valence electrons. The van der Waals surface area contributed by atoms with Gasteiger partial charge < -0.3 is 19.9 Å². The molecule has 0 spiro atoms. The van der Waals surface area contributed by atoms with Gasteiger partial charge >= 0.3 is 0 Å². The summed E-state index contributed by atoms with van der Waals surface area (Å²) in [4.78, 5) is 51.9. The first-order valence-corrected chi connectivity index (χ1v) is 12.1. The van der Waals surface area contributed by atoms with Gasteiger partial charge in [0.2, 0.25) is 5.91 Å². The van der Waals surface area contributed by atoms with Crippen LogP contribution in [-0.2, 0) is 10.2 Å². The van der Waals surface area contributed by atoms with Gasteiger partial charge in [-0.05, 0) is 53.1 Å². The van der Waals surface area contributed by atoms with Crippen molar-refractivity contribution in [3.05, 3.63) is 88.0 Å². The van der Waals surface area contributed by atoms with Crippen molar-refractivity contribution >= 4 is 23.3 Å². The lowest BCUT2D eigenvalue weighted by Gasteiger charge is -2.35. The van der Waals surface area contributed by atoms with Gasteiger partial charge in [0.15, 0.2) is 17.3 Å². The van der Waals surface area contributed by atoms with E-state index in [-0.39, 0.29) is 56.4 Å². The Morgan fingerprint density at radius 2 is 0.919 bits per heavy atom. The zero-order valence-corrected chi connectivity index (χ0v) is 19.9. The smallest absolute Gasteiger partial charge is 0.237 e. The van der Waals surface area contributed by atoms with Crippen LogP contribution in [0.2, 0.25) is 0 Å². The van der Waals surface area contributed by atoms with E-state index in [4.69, 9.17) is 19.9 Å². The summed E-state index contributed by atoms with van der Waals surface area (Å²) in [5.74, 6) is 0.243. The molecule has 0 saturated heterocycles. The third-order valence-electron chi connectivity index (χ3n) is 7.27. The fourth-order valence-electron chi connectivity index (χ4n) is 5.41. The number of fused-ring (bicyclic) bond motifs is 3. The summed E-state index contributed by atoms with van der Waals surface area (Å²) in [7, 11) is 0. The average Bonchev–Trinajstić information content (AvgIpc) is 2.90. The fraction of sp³-hybridized carbons (Fsp3) is 0.241. The first-order valence-electron chi connectivity index (χ1n) is 12.1. The molecule has 0 bridgehead atoms. The number of primary amides is 1. The summed E-state index contributed by atoms with van der Waals surface area (Å²) in [5.41, 5.74) is 6.90. The molecule has 3 heterocycles. The number of Topliss-reactive ketones (excluding diaryl/α,β-unsaturated/α-hetero) is 3. The summed E-state index contributed by atoms with van der Waals surface area (Å²) < 4.78 is 17.0. The van der Waals surface area contributed by atoms with Crippen LogP contribution in [0.25, 0.3) is 0 Å². The minimum atomic E-state index is -1.63. The van der Waals surface area contributed by atoms with Crippen LogP contribution < -0.4 is 19.9 Å². The van der Waals surface area contributed by atoms with Crippen LogP contribution in [0.1, 0.15) is 67.0 Å². The fourth-order valence-corrected chi connectivity index (χ4v) is 5.41. The third-order valence-corrected chi connectivity index (χ3v) is 7.27. The van der Waals surface area contributed by atoms with E-state index in [1.165, 1.54) is 0 Å². The zero-order valence-electron chi connectivity index (χ0n) is 19.9. The number of rotatable bonds is 4. The lowest BCUT2D eigenvalue weighted by Crippen LogP contribution is -2.44. The average molecular weight is 498 g/mol. The predicted molar refractivity (Wildman–Crippen MR) is 132 cm³/mol. The van der Waals surface area contributed by atoms with Gasteiger partial charge in [0.1, 0.15) is 22.7 Å². The number of amides is 1. The highest BCUT2D eigenvalue weighted by atomic mass is 16.5. The minimum Gasteiger partial charge on any atom is -0.492 e. The van der Waals surface area contributed by atoms with Gasteiger partial charge in [-0.1, -0.05) is 18.2 Å². The molecular formula is C29H23NO7. The highest BCUT2D eigenvalue weighted by Gasteiger charge is 2.45. The standard InChI is InChI=1S/C29H23NO7/c30-28(34)29(16-1-4-25-19(13-16)22(31)7-10-35-25,17-2-5-26-20(14-17)23(32)8-11-36-26)18-3-6-27-21(15-18)24(33)9-12-37-27/h1-6,13-15H,7-12H2,(H2,30,34). The Bertz CT molecular complexity index is 1340. The molecule has 3 aromatic rings. The number of benzene rings is 3. The summed E-state index contributed by atoms with van der Waals surface area (Å²) in [6, 6.07) is 14.9. The molecular weight excluding hydrogens is 474 g/mol. The Morgan fingerprint density at radius 1 is 0.595 bits per heavy atom. The largest absolute Gasteiger partial charge is 0.492 e. The number of ketones is 3. The molecule has 8 nitrogen and oxygen atoms in total. The number of carbonyl (C=O) groups is 4. The van der Waals surface area contributed by atoms with Crippen molar-refractivity contribution in [3.8, 4) is 17.2 Å². The van der Waals surface area contributed by atoms with E-state index in [0.717, 1.165) is 0 Å². The summed E-state index contributed by atoms with van der Waals surface area (Å²) in [6.45, 7) is 0.851. The molecule has 3 aliphatic rings. The molecule has 0 aromatic heterocycles. The Hall–Kier alpha value is -4.46. The lowest BCUT2D eigenvalue weighted by atomic mass is 9.67. The van der Waals surface area contributed by atoms with Crippen molar-refractivity contribution in [2.24, 2.45) is 5.73 Å². The molecule has 0 unspecified atom stereocenters. The van der Waals surface area contributed by atoms with Crippen LogP contribution in [0.4, 0.5) is 0 Å². The van der Waals surface area contributed by atoms with Crippen molar-refractivity contribution in [1.82, 2.24) is 0 Å². The molecule has 8 heteroatoms. The number of ether oxygens (including phenoxy) is 3. The SMILES string of the molecule is NC(=O)C(c1ccc2c(c1)C(=O)CCO2)(c1ccc2c(c1)C(=O)CCO2)c1ccc2c(c1)C(=O)CCO2. The number of carbonyl (C=O) groups excluding carboxylic acids is 4. The summed E-state index contributed by atoms with van der Waals surface area (Å²) in [6.07, 6.45) is 0.653. The second-order valence-electron chi connectivity index (χ2n) is 9.31. The molecule has 0 fully saturated rings. The highest BCUT2D eigenvalue weighted by Crippen LogP contribution is 2.44. The molecule has 1 amide bonds. The molecule has 6 rings (SSSR count). The van der Waals surface area contributed by atoms with Gasteiger partial charge in [0.05, 0.1) is 36.5 Å². The number of hydrogen-bond acceptors (Lipinski definition) is 7. The van der Waals surface area contributed by atoms with Crippen LogP contribution in [0.5, 0.6) is 17.2 Å².